The summed E-state index contributed by atoms with van der Waals surface area (Å²) in [6.45, 7) is 6.51. The fourth-order valence-electron chi connectivity index (χ4n) is 2.72. The zero-order chi connectivity index (χ0) is 18.5. The average Bonchev–Trinajstić information content (AvgIpc) is 3.25. The van der Waals surface area contributed by atoms with Crippen molar-refractivity contribution in [1.29, 1.82) is 0 Å². The van der Waals surface area contributed by atoms with Gasteiger partial charge in [-0.15, -0.1) is 0 Å². The molecule has 0 saturated heterocycles. The lowest BCUT2D eigenvalue weighted by Gasteiger charge is -2.15. The number of pyridine rings is 1. The Kier molecular flexibility index (Phi) is 5.40. The summed E-state index contributed by atoms with van der Waals surface area (Å²) in [6.07, 6.45) is 4.03. The molecule has 0 unspecified atom stereocenters. The maximum atomic E-state index is 12.1. The summed E-state index contributed by atoms with van der Waals surface area (Å²) < 4.78 is 7.13. The van der Waals surface area contributed by atoms with E-state index in [9.17, 15) is 4.79 Å². The van der Waals surface area contributed by atoms with Crippen molar-refractivity contribution in [3.05, 3.63) is 47.9 Å². The van der Waals surface area contributed by atoms with Crippen LogP contribution in [0.25, 0.3) is 11.4 Å². The van der Waals surface area contributed by atoms with Gasteiger partial charge in [0.2, 0.25) is 17.6 Å². The normalized spacial score (nSPS) is 12.1. The molecule has 1 amide bonds. The highest BCUT2D eigenvalue weighted by molar-refractivity contribution is 5.76. The number of nitrogens with zero attached hydrogens (tertiary/aromatic N) is 5. The van der Waals surface area contributed by atoms with Crippen LogP contribution in [-0.2, 0) is 11.2 Å². The third-order valence-electron chi connectivity index (χ3n) is 4.03. The first kappa shape index (κ1) is 17.8. The summed E-state index contributed by atoms with van der Waals surface area (Å²) in [5.41, 5.74) is 2.89. The lowest BCUT2D eigenvalue weighted by atomic mass is 10.2. The molecule has 0 aliphatic rings. The largest absolute Gasteiger partial charge is 0.354 e. The second-order valence-corrected chi connectivity index (χ2v) is 6.27. The molecule has 0 bridgehead atoms. The van der Waals surface area contributed by atoms with Crippen molar-refractivity contribution >= 4 is 5.91 Å². The van der Waals surface area contributed by atoms with Gasteiger partial charge in [-0.25, -0.2) is 0 Å². The van der Waals surface area contributed by atoms with Crippen molar-refractivity contribution in [3.8, 4) is 11.4 Å². The third-order valence-corrected chi connectivity index (χ3v) is 4.03. The van der Waals surface area contributed by atoms with Crippen LogP contribution in [0.2, 0.25) is 0 Å². The molecule has 136 valence electrons. The number of carbonyl (C=O) groups is 1. The van der Waals surface area contributed by atoms with E-state index in [1.165, 1.54) is 0 Å². The Balaban J connectivity index is 1.47. The van der Waals surface area contributed by atoms with E-state index in [0.29, 0.717) is 31.1 Å². The van der Waals surface area contributed by atoms with Gasteiger partial charge in [0.1, 0.15) is 0 Å². The van der Waals surface area contributed by atoms with Gasteiger partial charge < -0.3 is 9.84 Å². The first-order valence-corrected chi connectivity index (χ1v) is 8.55. The first-order chi connectivity index (χ1) is 12.5. The molecule has 8 nitrogen and oxygen atoms in total. The summed E-state index contributed by atoms with van der Waals surface area (Å²) in [5, 5.41) is 11.3. The fraction of sp³-hybridized carbons (Fsp3) is 0.389. The summed E-state index contributed by atoms with van der Waals surface area (Å²) in [7, 11) is 0. The van der Waals surface area contributed by atoms with Crippen LogP contribution < -0.4 is 5.32 Å². The molecule has 0 spiro atoms. The summed E-state index contributed by atoms with van der Waals surface area (Å²) in [4.78, 5) is 20.3. The molecule has 0 saturated carbocycles. The zero-order valence-electron chi connectivity index (χ0n) is 15.1. The molecular formula is C18H22N6O2. The molecule has 1 N–H and O–H groups in total. The molecule has 1 atom stereocenters. The van der Waals surface area contributed by atoms with Gasteiger partial charge in [-0.3, -0.25) is 14.5 Å². The summed E-state index contributed by atoms with van der Waals surface area (Å²) in [5.74, 6) is 0.890. The lowest BCUT2D eigenvalue weighted by Crippen LogP contribution is -2.30. The Morgan fingerprint density at radius 1 is 1.31 bits per heavy atom. The van der Waals surface area contributed by atoms with Crippen molar-refractivity contribution < 1.29 is 9.32 Å². The molecule has 26 heavy (non-hydrogen) atoms. The number of nitrogens with one attached hydrogen (secondary N) is 1. The standard InChI is InChI=1S/C18H22N6O2/c1-12-10-13(2)24(22-12)14(3)11-20-16(25)4-5-17-21-18(23-26-17)15-6-8-19-9-7-15/h6-10,14H,4-5,11H2,1-3H3,(H,20,25)/t14-/m0/s1. The van der Waals surface area contributed by atoms with Crippen LogP contribution in [0.3, 0.4) is 0 Å². The van der Waals surface area contributed by atoms with Gasteiger partial charge in [-0.2, -0.15) is 10.1 Å². The van der Waals surface area contributed by atoms with Gasteiger partial charge in [0.15, 0.2) is 0 Å². The molecule has 3 aromatic rings. The maximum absolute atomic E-state index is 12.1. The van der Waals surface area contributed by atoms with Crippen LogP contribution in [0.15, 0.2) is 35.1 Å². The number of hydrogen-bond donors (Lipinski definition) is 1. The van der Waals surface area contributed by atoms with Crippen molar-refractivity contribution in [3.63, 3.8) is 0 Å². The van der Waals surface area contributed by atoms with Crippen LogP contribution in [0, 0.1) is 13.8 Å². The van der Waals surface area contributed by atoms with Crippen LogP contribution in [0.1, 0.15) is 36.7 Å². The van der Waals surface area contributed by atoms with Crippen LogP contribution >= 0.6 is 0 Å². The van der Waals surface area contributed by atoms with E-state index in [1.807, 2.05) is 43.7 Å². The molecule has 0 radical (unpaired) electrons. The Labute approximate surface area is 151 Å². The Hall–Kier alpha value is -3.03. The monoisotopic (exact) mass is 354 g/mol. The molecule has 0 aliphatic heterocycles. The van der Waals surface area contributed by atoms with E-state index in [4.69, 9.17) is 4.52 Å². The van der Waals surface area contributed by atoms with Gasteiger partial charge in [-0.1, -0.05) is 5.16 Å². The second kappa shape index (κ2) is 7.90. The van der Waals surface area contributed by atoms with Crippen LogP contribution in [0.5, 0.6) is 0 Å². The fourth-order valence-corrected chi connectivity index (χ4v) is 2.72. The third kappa shape index (κ3) is 4.33. The predicted octanol–water partition coefficient (Wildman–Crippen LogP) is 2.25. The quantitative estimate of drug-likeness (QED) is 0.699. The van der Waals surface area contributed by atoms with E-state index in [2.05, 4.69) is 25.5 Å². The minimum Gasteiger partial charge on any atom is -0.354 e. The minimum absolute atomic E-state index is 0.0537. The number of carbonyl (C=O) groups excluding carboxylic acids is 1. The minimum atomic E-state index is -0.0537. The van der Waals surface area contributed by atoms with E-state index in [0.717, 1.165) is 17.0 Å². The van der Waals surface area contributed by atoms with Crippen molar-refractivity contribution in [1.82, 2.24) is 30.2 Å². The SMILES string of the molecule is Cc1cc(C)n([C@@H](C)CNC(=O)CCc2nc(-c3ccncc3)no2)n1. The van der Waals surface area contributed by atoms with Crippen LogP contribution in [0.4, 0.5) is 0 Å². The van der Waals surface area contributed by atoms with Gasteiger partial charge in [0.25, 0.3) is 0 Å². The van der Waals surface area contributed by atoms with E-state index < -0.39 is 0 Å². The highest BCUT2D eigenvalue weighted by Crippen LogP contribution is 2.14. The van der Waals surface area contributed by atoms with Gasteiger partial charge in [-0.05, 0) is 39.0 Å². The molecule has 0 fully saturated rings. The molecule has 3 rings (SSSR count). The van der Waals surface area contributed by atoms with E-state index in [1.54, 1.807) is 12.4 Å². The number of amides is 1. The predicted molar refractivity (Wildman–Crippen MR) is 95.3 cm³/mol. The summed E-state index contributed by atoms with van der Waals surface area (Å²) in [6, 6.07) is 5.73. The first-order valence-electron chi connectivity index (χ1n) is 8.55. The molecule has 3 heterocycles. The smallest absolute Gasteiger partial charge is 0.227 e. The second-order valence-electron chi connectivity index (χ2n) is 6.27. The molecular weight excluding hydrogens is 332 g/mol. The van der Waals surface area contributed by atoms with Crippen LogP contribution in [-0.4, -0.2) is 37.4 Å². The number of aryl methyl sites for hydroxylation is 3. The highest BCUT2D eigenvalue weighted by Gasteiger charge is 2.13. The molecule has 8 heteroatoms. The Morgan fingerprint density at radius 3 is 2.77 bits per heavy atom. The average molecular weight is 354 g/mol. The lowest BCUT2D eigenvalue weighted by molar-refractivity contribution is -0.121. The number of rotatable bonds is 7. The molecule has 0 aromatic carbocycles. The Morgan fingerprint density at radius 2 is 2.08 bits per heavy atom. The Bertz CT molecular complexity index is 871. The van der Waals surface area contributed by atoms with Crippen molar-refractivity contribution in [2.45, 2.75) is 39.7 Å². The van der Waals surface area contributed by atoms with Gasteiger partial charge >= 0.3 is 0 Å². The summed E-state index contributed by atoms with van der Waals surface area (Å²) >= 11 is 0. The molecule has 0 aliphatic carbocycles. The van der Waals surface area contributed by atoms with Crippen molar-refractivity contribution in [2.75, 3.05) is 6.54 Å². The van der Waals surface area contributed by atoms with Crippen molar-refractivity contribution in [2.24, 2.45) is 0 Å². The van der Waals surface area contributed by atoms with Gasteiger partial charge in [0.05, 0.1) is 11.7 Å². The zero-order valence-corrected chi connectivity index (χ0v) is 15.1. The topological polar surface area (TPSA) is 98.7 Å². The maximum Gasteiger partial charge on any atom is 0.227 e. The highest BCUT2D eigenvalue weighted by atomic mass is 16.5. The number of aromatic nitrogens is 5. The number of hydrogen-bond acceptors (Lipinski definition) is 6. The molecule has 3 aromatic heterocycles. The van der Waals surface area contributed by atoms with E-state index >= 15 is 0 Å². The van der Waals surface area contributed by atoms with Gasteiger partial charge in [0, 0.05) is 43.0 Å². The van der Waals surface area contributed by atoms with E-state index in [-0.39, 0.29) is 11.9 Å².